The Hall–Kier alpha value is -2.27. The molecule has 0 bridgehead atoms. The Morgan fingerprint density at radius 2 is 1.43 bits per heavy atom. The van der Waals surface area contributed by atoms with Crippen molar-refractivity contribution in [3.63, 3.8) is 0 Å². The predicted molar refractivity (Wildman–Crippen MR) is 95.6 cm³/mol. The average molecular weight is 328 g/mol. The summed E-state index contributed by atoms with van der Waals surface area (Å²) < 4.78 is 0. The van der Waals surface area contributed by atoms with Gasteiger partial charge in [-0.25, -0.2) is 0 Å². The number of carbonyl (C=O) groups is 2. The molecule has 5 heteroatoms. The van der Waals surface area contributed by atoms with Gasteiger partial charge in [0, 0.05) is 12.2 Å². The summed E-state index contributed by atoms with van der Waals surface area (Å²) in [5, 5.41) is 5.65. The van der Waals surface area contributed by atoms with Crippen LogP contribution in [0.3, 0.4) is 0 Å². The summed E-state index contributed by atoms with van der Waals surface area (Å²) in [5.74, 6) is 0.412. The number of nitrogens with one attached hydrogen (secondary N) is 2. The second-order valence-corrected chi connectivity index (χ2v) is 5.98. The van der Waals surface area contributed by atoms with E-state index in [0.717, 1.165) is 12.1 Å². The lowest BCUT2D eigenvalue weighted by Crippen LogP contribution is -2.28. The molecule has 0 atom stereocenters. The maximum atomic E-state index is 11.7. The topological polar surface area (TPSA) is 58.2 Å². The highest BCUT2D eigenvalue weighted by molar-refractivity contribution is 8.00. The average Bonchev–Trinajstić information content (AvgIpc) is 2.57. The molecule has 23 heavy (non-hydrogen) atoms. The van der Waals surface area contributed by atoms with Gasteiger partial charge in [-0.2, -0.15) is 0 Å². The van der Waals surface area contributed by atoms with Crippen LogP contribution >= 0.6 is 11.8 Å². The number of amides is 2. The van der Waals surface area contributed by atoms with Gasteiger partial charge >= 0.3 is 0 Å². The molecule has 0 radical (unpaired) electrons. The van der Waals surface area contributed by atoms with E-state index < -0.39 is 0 Å². The molecule has 2 aromatic carbocycles. The number of para-hydroxylation sites is 1. The summed E-state index contributed by atoms with van der Waals surface area (Å²) in [4.78, 5) is 23.4. The Morgan fingerprint density at radius 1 is 0.826 bits per heavy atom. The summed E-state index contributed by atoms with van der Waals surface area (Å²) in [7, 11) is 0. The summed E-state index contributed by atoms with van der Waals surface area (Å²) >= 11 is 1.31. The minimum atomic E-state index is -0.0988. The fourth-order valence-electron chi connectivity index (χ4n) is 2.00. The van der Waals surface area contributed by atoms with Gasteiger partial charge in [0.05, 0.1) is 11.5 Å². The molecule has 0 aliphatic rings. The molecule has 120 valence electrons. The number of hydrogen-bond donors (Lipinski definition) is 2. The van der Waals surface area contributed by atoms with Crippen molar-refractivity contribution in [1.82, 2.24) is 5.32 Å². The fourth-order valence-corrected chi connectivity index (χ4v) is 2.64. The standard InChI is InChI=1S/C18H20N2O2S/c21-17(19-12-11-15-7-3-1-4-8-15)13-23-14-18(22)20-16-9-5-2-6-10-16/h1-10H,11-14H2,(H,19,21)(H,20,22). The van der Waals surface area contributed by atoms with Crippen LogP contribution in [0, 0.1) is 0 Å². The zero-order valence-corrected chi connectivity index (χ0v) is 13.6. The Bertz CT molecular complexity index is 617. The van der Waals surface area contributed by atoms with Crippen LogP contribution in [-0.2, 0) is 16.0 Å². The maximum absolute atomic E-state index is 11.7. The monoisotopic (exact) mass is 328 g/mol. The first-order chi connectivity index (χ1) is 11.2. The molecule has 0 spiro atoms. The zero-order valence-electron chi connectivity index (χ0n) is 12.8. The maximum Gasteiger partial charge on any atom is 0.234 e. The Kier molecular flexibility index (Phi) is 7.20. The number of carbonyl (C=O) groups excluding carboxylic acids is 2. The number of benzene rings is 2. The normalized spacial score (nSPS) is 10.1. The van der Waals surface area contributed by atoms with E-state index in [1.54, 1.807) is 0 Å². The second-order valence-electron chi connectivity index (χ2n) is 4.99. The number of rotatable bonds is 8. The van der Waals surface area contributed by atoms with Crippen molar-refractivity contribution in [3.05, 3.63) is 66.2 Å². The van der Waals surface area contributed by atoms with Crippen molar-refractivity contribution in [2.45, 2.75) is 6.42 Å². The van der Waals surface area contributed by atoms with E-state index >= 15 is 0 Å². The molecular formula is C18H20N2O2S. The van der Waals surface area contributed by atoms with Crippen LogP contribution < -0.4 is 10.6 Å². The summed E-state index contributed by atoms with van der Waals surface area (Å²) in [6, 6.07) is 19.3. The molecule has 2 rings (SSSR count). The van der Waals surface area contributed by atoms with Crippen molar-refractivity contribution in [1.29, 1.82) is 0 Å². The molecule has 0 saturated heterocycles. The first-order valence-electron chi connectivity index (χ1n) is 7.47. The number of anilines is 1. The lowest BCUT2D eigenvalue weighted by atomic mass is 10.1. The van der Waals surface area contributed by atoms with Crippen LogP contribution in [-0.4, -0.2) is 29.9 Å². The molecule has 0 heterocycles. The van der Waals surface area contributed by atoms with Crippen LogP contribution in [0.2, 0.25) is 0 Å². The largest absolute Gasteiger partial charge is 0.355 e. The summed E-state index contributed by atoms with van der Waals surface area (Å²) in [6.45, 7) is 0.611. The van der Waals surface area contributed by atoms with Crippen molar-refractivity contribution in [3.8, 4) is 0 Å². The molecule has 0 aliphatic heterocycles. The fraction of sp³-hybridized carbons (Fsp3) is 0.222. The summed E-state index contributed by atoms with van der Waals surface area (Å²) in [6.07, 6.45) is 0.811. The highest BCUT2D eigenvalue weighted by atomic mass is 32.2. The Balaban J connectivity index is 1.56. The van der Waals surface area contributed by atoms with Gasteiger partial charge in [-0.05, 0) is 24.1 Å². The molecule has 2 amide bonds. The van der Waals surface area contributed by atoms with Crippen LogP contribution in [0.5, 0.6) is 0 Å². The molecule has 0 unspecified atom stereocenters. The van der Waals surface area contributed by atoms with E-state index in [9.17, 15) is 9.59 Å². The van der Waals surface area contributed by atoms with Gasteiger partial charge in [-0.3, -0.25) is 9.59 Å². The SMILES string of the molecule is O=C(CSCC(=O)Nc1ccccc1)NCCc1ccccc1. The van der Waals surface area contributed by atoms with Gasteiger partial charge in [0.25, 0.3) is 0 Å². The Labute approximate surface area is 140 Å². The molecule has 0 saturated carbocycles. The van der Waals surface area contributed by atoms with Gasteiger partial charge in [0.2, 0.25) is 11.8 Å². The Morgan fingerprint density at radius 3 is 2.13 bits per heavy atom. The van der Waals surface area contributed by atoms with Crippen molar-refractivity contribution in [2.75, 3.05) is 23.4 Å². The first-order valence-corrected chi connectivity index (χ1v) is 8.63. The summed E-state index contributed by atoms with van der Waals surface area (Å²) in [5.41, 5.74) is 1.97. The molecular weight excluding hydrogens is 308 g/mol. The highest BCUT2D eigenvalue weighted by Crippen LogP contribution is 2.07. The van der Waals surface area contributed by atoms with Gasteiger partial charge < -0.3 is 10.6 Å². The molecule has 4 nitrogen and oxygen atoms in total. The second kappa shape index (κ2) is 9.69. The third-order valence-corrected chi connectivity index (χ3v) is 4.04. The number of thioether (sulfide) groups is 1. The minimum absolute atomic E-state index is 0.0431. The van der Waals surface area contributed by atoms with E-state index in [1.165, 1.54) is 17.3 Å². The highest BCUT2D eigenvalue weighted by Gasteiger charge is 2.05. The predicted octanol–water partition coefficient (Wildman–Crippen LogP) is 2.72. The molecule has 2 N–H and O–H groups in total. The van der Waals surface area contributed by atoms with Gasteiger partial charge in [-0.1, -0.05) is 48.5 Å². The minimum Gasteiger partial charge on any atom is -0.355 e. The third-order valence-electron chi connectivity index (χ3n) is 3.10. The number of hydrogen-bond acceptors (Lipinski definition) is 3. The lowest BCUT2D eigenvalue weighted by molar-refractivity contribution is -0.118. The molecule has 2 aromatic rings. The van der Waals surface area contributed by atoms with Gasteiger partial charge in [0.15, 0.2) is 0 Å². The molecule has 0 fully saturated rings. The third kappa shape index (κ3) is 7.02. The van der Waals surface area contributed by atoms with Crippen molar-refractivity contribution in [2.24, 2.45) is 0 Å². The molecule has 0 aliphatic carbocycles. The van der Waals surface area contributed by atoms with Crippen molar-refractivity contribution < 1.29 is 9.59 Å². The van der Waals surface area contributed by atoms with E-state index in [1.807, 2.05) is 60.7 Å². The van der Waals surface area contributed by atoms with Gasteiger partial charge in [0.1, 0.15) is 0 Å². The van der Waals surface area contributed by atoms with Crippen LogP contribution in [0.25, 0.3) is 0 Å². The van der Waals surface area contributed by atoms with E-state index in [-0.39, 0.29) is 23.3 Å². The zero-order chi connectivity index (χ0) is 16.3. The van der Waals surface area contributed by atoms with Gasteiger partial charge in [-0.15, -0.1) is 11.8 Å². The van der Waals surface area contributed by atoms with E-state index in [0.29, 0.717) is 6.54 Å². The van der Waals surface area contributed by atoms with Crippen LogP contribution in [0.4, 0.5) is 5.69 Å². The van der Waals surface area contributed by atoms with Crippen LogP contribution in [0.1, 0.15) is 5.56 Å². The van der Waals surface area contributed by atoms with Crippen molar-refractivity contribution >= 4 is 29.3 Å². The van der Waals surface area contributed by atoms with Crippen LogP contribution in [0.15, 0.2) is 60.7 Å². The first kappa shape index (κ1) is 17.1. The van der Waals surface area contributed by atoms with E-state index in [4.69, 9.17) is 0 Å². The molecule has 0 aromatic heterocycles. The van der Waals surface area contributed by atoms with E-state index in [2.05, 4.69) is 10.6 Å². The quantitative estimate of drug-likeness (QED) is 0.783. The smallest absolute Gasteiger partial charge is 0.234 e. The lowest BCUT2D eigenvalue weighted by Gasteiger charge is -2.06.